The zero-order valence-corrected chi connectivity index (χ0v) is 23.1. The lowest BCUT2D eigenvalue weighted by Gasteiger charge is -2.29. The minimum absolute atomic E-state index is 0.0247. The van der Waals surface area contributed by atoms with Crippen molar-refractivity contribution in [3.63, 3.8) is 0 Å². The molecule has 0 bridgehead atoms. The van der Waals surface area contributed by atoms with E-state index in [1.807, 2.05) is 58.3 Å². The minimum Gasteiger partial charge on any atom is -0.494 e. The highest BCUT2D eigenvalue weighted by molar-refractivity contribution is 8.26. The van der Waals surface area contributed by atoms with E-state index in [0.29, 0.717) is 15.8 Å². The summed E-state index contributed by atoms with van der Waals surface area (Å²) in [5.74, 6) is 0.892. The van der Waals surface area contributed by atoms with E-state index in [0.717, 1.165) is 72.3 Å². The Morgan fingerprint density at radius 3 is 2.65 bits per heavy atom. The number of amides is 1. The third kappa shape index (κ3) is 5.68. The van der Waals surface area contributed by atoms with Crippen molar-refractivity contribution in [1.29, 1.82) is 0 Å². The van der Waals surface area contributed by atoms with Crippen LogP contribution in [0.25, 0.3) is 23.0 Å². The van der Waals surface area contributed by atoms with Crippen LogP contribution in [0.15, 0.2) is 59.6 Å². The van der Waals surface area contributed by atoms with E-state index < -0.39 is 0 Å². The van der Waals surface area contributed by atoms with Gasteiger partial charge in [-0.3, -0.25) is 9.69 Å². The lowest BCUT2D eigenvalue weighted by atomic mass is 9.94. The first-order valence-electron chi connectivity index (χ1n) is 13.2. The fourth-order valence-corrected chi connectivity index (χ4v) is 6.41. The molecule has 1 saturated heterocycles. The van der Waals surface area contributed by atoms with Crippen LogP contribution in [0.2, 0.25) is 0 Å². The summed E-state index contributed by atoms with van der Waals surface area (Å²) in [5.41, 5.74) is 4.80. The van der Waals surface area contributed by atoms with Crippen molar-refractivity contribution in [3.05, 3.63) is 70.8 Å². The molecule has 0 unspecified atom stereocenters. The monoisotopic (exact) mass is 531 g/mol. The molecule has 2 aliphatic rings. The number of carbonyl (C=O) groups excluding carboxylic acids is 1. The van der Waals surface area contributed by atoms with E-state index in [1.165, 1.54) is 18.2 Å². The van der Waals surface area contributed by atoms with E-state index in [4.69, 9.17) is 22.1 Å². The van der Waals surface area contributed by atoms with Gasteiger partial charge < -0.3 is 4.74 Å². The molecular weight excluding hydrogens is 498 g/mol. The van der Waals surface area contributed by atoms with Gasteiger partial charge in [-0.15, -0.1) is 0 Å². The van der Waals surface area contributed by atoms with Crippen molar-refractivity contribution < 1.29 is 9.53 Å². The van der Waals surface area contributed by atoms with Crippen LogP contribution in [0, 0.1) is 6.92 Å². The average molecular weight is 532 g/mol. The lowest BCUT2D eigenvalue weighted by molar-refractivity contribution is -0.124. The molecule has 7 heteroatoms. The normalized spacial score (nSPS) is 17.7. The Morgan fingerprint density at radius 1 is 1.14 bits per heavy atom. The molecule has 1 saturated carbocycles. The minimum atomic E-state index is 0.0247. The summed E-state index contributed by atoms with van der Waals surface area (Å²) < 4.78 is 8.47. The standard InChI is InChI=1S/C30H33N3O2S2/c1-3-4-17-35-25-15-16-26(21(2)18-25)28-22(20-32(31-28)23-11-7-5-8-12-23)19-27-29(34)33(30(36)37-27)24-13-9-6-10-14-24/h5,7-8,11-12,15-16,18-20,24H,3-4,6,9-10,13-14,17H2,1-2H3. The number of hydrogen-bond donors (Lipinski definition) is 0. The molecule has 0 radical (unpaired) electrons. The van der Waals surface area contributed by atoms with Crippen molar-refractivity contribution in [2.45, 2.75) is 64.8 Å². The highest BCUT2D eigenvalue weighted by Gasteiger charge is 2.37. The molecule has 0 N–H and O–H groups in total. The molecular formula is C30H33N3O2S2. The van der Waals surface area contributed by atoms with Crippen molar-refractivity contribution in [2.75, 3.05) is 6.61 Å². The topological polar surface area (TPSA) is 47.4 Å². The van der Waals surface area contributed by atoms with Gasteiger partial charge in [-0.05, 0) is 68.2 Å². The second-order valence-electron chi connectivity index (χ2n) is 9.74. The molecule has 1 aliphatic carbocycles. The van der Waals surface area contributed by atoms with Crippen LogP contribution >= 0.6 is 24.0 Å². The number of ether oxygens (including phenoxy) is 1. The molecule has 3 aromatic rings. The van der Waals surface area contributed by atoms with Crippen LogP contribution in [0.5, 0.6) is 5.75 Å². The molecule has 192 valence electrons. The Balaban J connectivity index is 1.51. The quantitative estimate of drug-likeness (QED) is 0.171. The number of unbranched alkanes of at least 4 members (excludes halogenated alkanes) is 1. The predicted octanol–water partition coefficient (Wildman–Crippen LogP) is 7.56. The molecule has 0 atom stereocenters. The number of rotatable bonds is 8. The number of thioether (sulfide) groups is 1. The van der Waals surface area contributed by atoms with Gasteiger partial charge >= 0.3 is 0 Å². The van der Waals surface area contributed by atoms with Crippen molar-refractivity contribution in [3.8, 4) is 22.7 Å². The largest absolute Gasteiger partial charge is 0.494 e. The molecule has 1 aliphatic heterocycles. The maximum Gasteiger partial charge on any atom is 0.266 e. The summed E-state index contributed by atoms with van der Waals surface area (Å²) in [6, 6.07) is 16.4. The number of benzene rings is 2. The number of carbonyl (C=O) groups is 1. The van der Waals surface area contributed by atoms with E-state index in [9.17, 15) is 4.79 Å². The van der Waals surface area contributed by atoms with Crippen LogP contribution in [-0.4, -0.2) is 37.6 Å². The smallest absolute Gasteiger partial charge is 0.266 e. The number of thiocarbonyl (C=S) groups is 1. The van der Waals surface area contributed by atoms with Gasteiger partial charge in [0.2, 0.25) is 0 Å². The number of aryl methyl sites for hydroxylation is 1. The molecule has 5 nitrogen and oxygen atoms in total. The van der Waals surface area contributed by atoms with Crippen LogP contribution < -0.4 is 4.74 Å². The Hall–Kier alpha value is -2.90. The van der Waals surface area contributed by atoms with Crippen LogP contribution in [0.3, 0.4) is 0 Å². The highest BCUT2D eigenvalue weighted by atomic mass is 32.2. The molecule has 1 aromatic heterocycles. The van der Waals surface area contributed by atoms with Gasteiger partial charge in [-0.25, -0.2) is 4.68 Å². The first-order valence-corrected chi connectivity index (χ1v) is 14.4. The second-order valence-corrected chi connectivity index (χ2v) is 11.4. The number of hydrogen-bond acceptors (Lipinski definition) is 5. The molecule has 2 fully saturated rings. The van der Waals surface area contributed by atoms with Gasteiger partial charge in [0.1, 0.15) is 15.8 Å². The van der Waals surface area contributed by atoms with Gasteiger partial charge in [0.25, 0.3) is 5.91 Å². The maximum absolute atomic E-state index is 13.5. The molecule has 37 heavy (non-hydrogen) atoms. The van der Waals surface area contributed by atoms with Gasteiger partial charge in [0.05, 0.1) is 17.2 Å². The predicted molar refractivity (Wildman–Crippen MR) is 156 cm³/mol. The van der Waals surface area contributed by atoms with Gasteiger partial charge in [-0.1, -0.05) is 74.8 Å². The van der Waals surface area contributed by atoms with E-state index in [2.05, 4.69) is 26.0 Å². The molecule has 2 heterocycles. The third-order valence-electron chi connectivity index (χ3n) is 7.03. The average Bonchev–Trinajstić information content (AvgIpc) is 3.45. The number of para-hydroxylation sites is 1. The highest BCUT2D eigenvalue weighted by Crippen LogP contribution is 2.39. The van der Waals surface area contributed by atoms with Crippen LogP contribution in [-0.2, 0) is 4.79 Å². The summed E-state index contributed by atoms with van der Waals surface area (Å²) in [4.78, 5) is 16.0. The van der Waals surface area contributed by atoms with Crippen molar-refractivity contribution >= 4 is 40.3 Å². The van der Waals surface area contributed by atoms with Crippen molar-refractivity contribution in [1.82, 2.24) is 14.7 Å². The summed E-state index contributed by atoms with van der Waals surface area (Å²) in [7, 11) is 0. The molecule has 5 rings (SSSR count). The SMILES string of the molecule is CCCCOc1ccc(-c2nn(-c3ccccc3)cc2C=C2SC(=S)N(C3CCCCC3)C2=O)c(C)c1. The number of nitrogens with zero attached hydrogens (tertiary/aromatic N) is 3. The van der Waals surface area contributed by atoms with E-state index >= 15 is 0 Å². The summed E-state index contributed by atoms with van der Waals surface area (Å²) in [6.45, 7) is 4.95. The Bertz CT molecular complexity index is 1310. The summed E-state index contributed by atoms with van der Waals surface area (Å²) in [6.07, 6.45) is 11.7. The Kier molecular flexibility index (Phi) is 8.11. The summed E-state index contributed by atoms with van der Waals surface area (Å²) >= 11 is 7.08. The van der Waals surface area contributed by atoms with Gasteiger partial charge in [0, 0.05) is 23.4 Å². The Morgan fingerprint density at radius 2 is 1.92 bits per heavy atom. The van der Waals surface area contributed by atoms with E-state index in [-0.39, 0.29) is 11.9 Å². The molecule has 0 spiro atoms. The van der Waals surface area contributed by atoms with E-state index in [1.54, 1.807) is 0 Å². The molecule has 1 amide bonds. The zero-order chi connectivity index (χ0) is 25.8. The van der Waals surface area contributed by atoms with Crippen LogP contribution in [0.4, 0.5) is 0 Å². The van der Waals surface area contributed by atoms with Crippen molar-refractivity contribution in [2.24, 2.45) is 0 Å². The fourth-order valence-electron chi connectivity index (χ4n) is 5.02. The van der Waals surface area contributed by atoms with Gasteiger partial charge in [0.15, 0.2) is 0 Å². The summed E-state index contributed by atoms with van der Waals surface area (Å²) in [5, 5.41) is 4.98. The second kappa shape index (κ2) is 11.7. The molecule has 2 aromatic carbocycles. The first-order chi connectivity index (χ1) is 18.0. The van der Waals surface area contributed by atoms with Gasteiger partial charge in [-0.2, -0.15) is 5.10 Å². The number of aromatic nitrogens is 2. The maximum atomic E-state index is 13.5. The first kappa shape index (κ1) is 25.7. The Labute approximate surface area is 228 Å². The zero-order valence-electron chi connectivity index (χ0n) is 21.5. The third-order valence-corrected chi connectivity index (χ3v) is 8.36. The lowest BCUT2D eigenvalue weighted by Crippen LogP contribution is -2.39. The van der Waals surface area contributed by atoms with Crippen LogP contribution in [0.1, 0.15) is 63.0 Å². The fraction of sp³-hybridized carbons (Fsp3) is 0.367.